The van der Waals surface area contributed by atoms with Crippen LogP contribution in [0, 0.1) is 0 Å². The molecule has 0 spiro atoms. The van der Waals surface area contributed by atoms with E-state index in [-0.39, 0.29) is 11.4 Å². The maximum Gasteiger partial charge on any atom is 0.416 e. The van der Waals surface area contributed by atoms with Gasteiger partial charge in [-0.3, -0.25) is 9.78 Å². The molecule has 112 valence electrons. The molecule has 0 saturated carbocycles. The Balaban J connectivity index is 1.79. The molecule has 22 heavy (non-hydrogen) atoms. The third-order valence-corrected chi connectivity index (χ3v) is 2.98. The zero-order chi connectivity index (χ0) is 15.7. The summed E-state index contributed by atoms with van der Waals surface area (Å²) < 4.78 is 42.7. The Bertz CT molecular complexity index is 790. The zero-order valence-electron chi connectivity index (χ0n) is 11.0. The van der Waals surface area contributed by atoms with E-state index >= 15 is 0 Å². The third kappa shape index (κ3) is 2.78. The first-order chi connectivity index (χ1) is 10.4. The highest BCUT2D eigenvalue weighted by Crippen LogP contribution is 2.30. The number of furan rings is 1. The molecule has 4 nitrogen and oxygen atoms in total. The first-order valence-corrected chi connectivity index (χ1v) is 6.27. The molecule has 0 bridgehead atoms. The van der Waals surface area contributed by atoms with Gasteiger partial charge >= 0.3 is 6.18 Å². The van der Waals surface area contributed by atoms with E-state index in [4.69, 9.17) is 4.42 Å². The molecule has 0 saturated heterocycles. The smallest absolute Gasteiger partial charge is 0.416 e. The van der Waals surface area contributed by atoms with Gasteiger partial charge in [0.15, 0.2) is 11.3 Å². The molecule has 3 aromatic rings. The maximum absolute atomic E-state index is 12.5. The van der Waals surface area contributed by atoms with Crippen molar-refractivity contribution in [2.24, 2.45) is 0 Å². The van der Waals surface area contributed by atoms with Gasteiger partial charge in [-0.05, 0) is 36.4 Å². The van der Waals surface area contributed by atoms with Crippen LogP contribution in [0.25, 0.3) is 11.1 Å². The Hall–Kier alpha value is -2.83. The van der Waals surface area contributed by atoms with E-state index in [0.717, 1.165) is 12.1 Å². The van der Waals surface area contributed by atoms with Gasteiger partial charge in [0, 0.05) is 18.0 Å². The minimum absolute atomic E-state index is 0.0357. The lowest BCUT2D eigenvalue weighted by Crippen LogP contribution is -2.11. The Labute approximate surface area is 122 Å². The Morgan fingerprint density at radius 2 is 1.86 bits per heavy atom. The molecule has 0 fully saturated rings. The van der Waals surface area contributed by atoms with Crippen molar-refractivity contribution in [3.05, 3.63) is 60.0 Å². The van der Waals surface area contributed by atoms with E-state index in [1.54, 1.807) is 18.3 Å². The summed E-state index contributed by atoms with van der Waals surface area (Å²) in [5.41, 5.74) is 0.449. The molecule has 1 amide bonds. The highest BCUT2D eigenvalue weighted by atomic mass is 19.4. The molecule has 0 atom stereocenters. The SMILES string of the molecule is O=C(Nc1ccc(C(F)(F)F)cc1)c1cc2ncccc2o1. The van der Waals surface area contributed by atoms with Crippen LogP contribution >= 0.6 is 0 Å². The lowest BCUT2D eigenvalue weighted by atomic mass is 10.2. The molecule has 1 N–H and O–H groups in total. The number of amides is 1. The van der Waals surface area contributed by atoms with Crippen molar-refractivity contribution < 1.29 is 22.4 Å². The molecule has 2 aromatic heterocycles. The van der Waals surface area contributed by atoms with Crippen LogP contribution in [-0.2, 0) is 6.18 Å². The summed E-state index contributed by atoms with van der Waals surface area (Å²) in [6, 6.07) is 8.96. The van der Waals surface area contributed by atoms with Gasteiger partial charge in [0.05, 0.1) is 5.56 Å². The van der Waals surface area contributed by atoms with Crippen LogP contribution in [0.15, 0.2) is 53.1 Å². The van der Waals surface area contributed by atoms with Gasteiger partial charge in [-0.2, -0.15) is 13.2 Å². The van der Waals surface area contributed by atoms with Crippen molar-refractivity contribution in [2.45, 2.75) is 6.18 Å². The summed E-state index contributed by atoms with van der Waals surface area (Å²) in [4.78, 5) is 16.0. The van der Waals surface area contributed by atoms with Gasteiger partial charge in [0.2, 0.25) is 0 Å². The number of alkyl halides is 3. The summed E-state index contributed by atoms with van der Waals surface area (Å²) in [6.45, 7) is 0. The summed E-state index contributed by atoms with van der Waals surface area (Å²) in [5, 5.41) is 2.47. The predicted molar refractivity (Wildman–Crippen MR) is 73.4 cm³/mol. The molecule has 0 aliphatic rings. The lowest BCUT2D eigenvalue weighted by Gasteiger charge is -2.08. The number of aromatic nitrogens is 1. The van der Waals surface area contributed by atoms with Gasteiger partial charge in [-0.1, -0.05) is 0 Å². The fraction of sp³-hybridized carbons (Fsp3) is 0.0667. The quantitative estimate of drug-likeness (QED) is 0.775. The van der Waals surface area contributed by atoms with Crippen LogP contribution in [-0.4, -0.2) is 10.9 Å². The third-order valence-electron chi connectivity index (χ3n) is 2.98. The standard InChI is InChI=1S/C15H9F3N2O2/c16-15(17,18)9-3-5-10(6-4-9)20-14(21)13-8-11-12(22-13)2-1-7-19-11/h1-8H,(H,20,21). The minimum atomic E-state index is -4.41. The molecule has 0 radical (unpaired) electrons. The topological polar surface area (TPSA) is 55.1 Å². The number of rotatable bonds is 2. The van der Waals surface area contributed by atoms with Gasteiger partial charge in [-0.25, -0.2) is 0 Å². The number of hydrogen-bond donors (Lipinski definition) is 1. The molecule has 0 aliphatic carbocycles. The molecule has 1 aromatic carbocycles. The summed E-state index contributed by atoms with van der Waals surface area (Å²) in [7, 11) is 0. The first-order valence-electron chi connectivity index (χ1n) is 6.27. The number of anilines is 1. The average molecular weight is 306 g/mol. The van der Waals surface area contributed by atoms with E-state index in [1.165, 1.54) is 18.2 Å². The molecule has 7 heteroatoms. The van der Waals surface area contributed by atoms with Crippen molar-refractivity contribution in [1.29, 1.82) is 0 Å². The van der Waals surface area contributed by atoms with E-state index in [9.17, 15) is 18.0 Å². The molecule has 2 heterocycles. The minimum Gasteiger partial charge on any atom is -0.449 e. The number of carbonyl (C=O) groups excluding carboxylic acids is 1. The van der Waals surface area contributed by atoms with Crippen molar-refractivity contribution in [1.82, 2.24) is 4.98 Å². The van der Waals surface area contributed by atoms with Gasteiger partial charge < -0.3 is 9.73 Å². The summed E-state index contributed by atoms with van der Waals surface area (Å²) >= 11 is 0. The van der Waals surface area contributed by atoms with Crippen LogP contribution < -0.4 is 5.32 Å². The van der Waals surface area contributed by atoms with Gasteiger partial charge in [0.25, 0.3) is 5.91 Å². The number of fused-ring (bicyclic) bond motifs is 1. The zero-order valence-corrected chi connectivity index (χ0v) is 11.0. The molecular weight excluding hydrogens is 297 g/mol. The van der Waals surface area contributed by atoms with Crippen molar-refractivity contribution >= 4 is 22.7 Å². The second kappa shape index (κ2) is 5.18. The Morgan fingerprint density at radius 3 is 2.50 bits per heavy atom. The highest BCUT2D eigenvalue weighted by molar-refractivity contribution is 6.04. The van der Waals surface area contributed by atoms with Crippen LogP contribution in [0.2, 0.25) is 0 Å². The number of benzene rings is 1. The van der Waals surface area contributed by atoms with E-state index in [2.05, 4.69) is 10.3 Å². The number of carbonyl (C=O) groups is 1. The van der Waals surface area contributed by atoms with Crippen LogP contribution in [0.3, 0.4) is 0 Å². The summed E-state index contributed by atoms with van der Waals surface area (Å²) in [5.74, 6) is -0.522. The normalized spacial score (nSPS) is 11.6. The maximum atomic E-state index is 12.5. The Morgan fingerprint density at radius 1 is 1.14 bits per heavy atom. The lowest BCUT2D eigenvalue weighted by molar-refractivity contribution is -0.137. The van der Waals surface area contributed by atoms with Gasteiger partial charge in [0.1, 0.15) is 5.52 Å². The van der Waals surface area contributed by atoms with Gasteiger partial charge in [-0.15, -0.1) is 0 Å². The molecule has 0 aliphatic heterocycles. The molecular formula is C15H9F3N2O2. The largest absolute Gasteiger partial charge is 0.449 e. The number of nitrogens with one attached hydrogen (secondary N) is 1. The van der Waals surface area contributed by atoms with Crippen molar-refractivity contribution in [3.8, 4) is 0 Å². The number of pyridine rings is 1. The predicted octanol–water partition coefficient (Wildman–Crippen LogP) is 4.10. The van der Waals surface area contributed by atoms with Crippen LogP contribution in [0.5, 0.6) is 0 Å². The average Bonchev–Trinajstić information content (AvgIpc) is 2.91. The monoisotopic (exact) mass is 306 g/mol. The fourth-order valence-electron chi connectivity index (χ4n) is 1.92. The van der Waals surface area contributed by atoms with E-state index in [1.807, 2.05) is 0 Å². The van der Waals surface area contributed by atoms with Crippen LogP contribution in [0.1, 0.15) is 16.1 Å². The van der Waals surface area contributed by atoms with Crippen molar-refractivity contribution in [2.75, 3.05) is 5.32 Å². The Kier molecular flexibility index (Phi) is 3.32. The second-order valence-corrected chi connectivity index (χ2v) is 4.53. The number of halogens is 3. The molecule has 0 unspecified atom stereocenters. The van der Waals surface area contributed by atoms with Crippen molar-refractivity contribution in [3.63, 3.8) is 0 Å². The number of hydrogen-bond acceptors (Lipinski definition) is 3. The number of nitrogens with zero attached hydrogens (tertiary/aromatic N) is 1. The second-order valence-electron chi connectivity index (χ2n) is 4.53. The summed E-state index contributed by atoms with van der Waals surface area (Å²) in [6.07, 6.45) is -2.84. The molecule has 3 rings (SSSR count). The fourth-order valence-corrected chi connectivity index (χ4v) is 1.92. The van der Waals surface area contributed by atoms with E-state index in [0.29, 0.717) is 11.1 Å². The first kappa shape index (κ1) is 14.1. The van der Waals surface area contributed by atoms with Crippen LogP contribution in [0.4, 0.5) is 18.9 Å². The highest BCUT2D eigenvalue weighted by Gasteiger charge is 2.30. The van der Waals surface area contributed by atoms with E-state index < -0.39 is 17.6 Å².